The fourth-order valence-corrected chi connectivity index (χ4v) is 2.16. The molecule has 5 nitrogen and oxygen atoms in total. The Morgan fingerprint density at radius 2 is 2.28 bits per heavy atom. The van der Waals surface area contributed by atoms with E-state index in [9.17, 15) is 9.59 Å². The second-order valence-electron chi connectivity index (χ2n) is 4.76. The van der Waals surface area contributed by atoms with E-state index in [0.717, 1.165) is 19.3 Å². The molecular formula is C13H22N2O3. The zero-order valence-corrected chi connectivity index (χ0v) is 11.0. The molecule has 1 N–H and O–H groups in total. The highest BCUT2D eigenvalue weighted by molar-refractivity contribution is 5.76. The maximum absolute atomic E-state index is 12.1. The third kappa shape index (κ3) is 4.05. The summed E-state index contributed by atoms with van der Waals surface area (Å²) in [7, 11) is 1.76. The van der Waals surface area contributed by atoms with E-state index in [1.807, 2.05) is 6.08 Å². The summed E-state index contributed by atoms with van der Waals surface area (Å²) in [4.78, 5) is 26.3. The lowest BCUT2D eigenvalue weighted by molar-refractivity contribution is -0.143. The predicted molar refractivity (Wildman–Crippen MR) is 69.4 cm³/mol. The molecule has 1 saturated heterocycles. The van der Waals surface area contributed by atoms with E-state index >= 15 is 0 Å². The van der Waals surface area contributed by atoms with Gasteiger partial charge in [-0.2, -0.15) is 0 Å². The molecule has 1 atom stereocenters. The highest BCUT2D eigenvalue weighted by Crippen LogP contribution is 2.17. The van der Waals surface area contributed by atoms with Crippen LogP contribution in [0.1, 0.15) is 25.7 Å². The quantitative estimate of drug-likeness (QED) is 0.601. The van der Waals surface area contributed by atoms with Crippen LogP contribution in [0, 0.1) is 5.92 Å². The average Bonchev–Trinajstić information content (AvgIpc) is 2.38. The first-order chi connectivity index (χ1) is 8.56. The molecule has 2 amide bonds. The van der Waals surface area contributed by atoms with Crippen molar-refractivity contribution in [3.8, 4) is 0 Å². The van der Waals surface area contributed by atoms with Gasteiger partial charge in [0.25, 0.3) is 0 Å². The van der Waals surface area contributed by atoms with E-state index in [1.165, 1.54) is 0 Å². The highest BCUT2D eigenvalue weighted by atomic mass is 16.4. The lowest BCUT2D eigenvalue weighted by atomic mass is 9.99. The number of nitrogens with zero attached hydrogens (tertiary/aromatic N) is 2. The van der Waals surface area contributed by atoms with Gasteiger partial charge in [-0.1, -0.05) is 6.08 Å². The molecule has 0 aromatic rings. The first kappa shape index (κ1) is 14.5. The normalized spacial score (nSPS) is 19.4. The maximum Gasteiger partial charge on any atom is 0.319 e. The summed E-state index contributed by atoms with van der Waals surface area (Å²) < 4.78 is 0. The van der Waals surface area contributed by atoms with E-state index in [2.05, 4.69) is 6.58 Å². The van der Waals surface area contributed by atoms with Gasteiger partial charge in [0.1, 0.15) is 0 Å². The Bertz CT molecular complexity index is 317. The van der Waals surface area contributed by atoms with Crippen LogP contribution in [0.5, 0.6) is 0 Å². The molecule has 18 heavy (non-hydrogen) atoms. The third-order valence-corrected chi connectivity index (χ3v) is 3.27. The molecule has 0 aliphatic carbocycles. The predicted octanol–water partition coefficient (Wildman–Crippen LogP) is 1.80. The fourth-order valence-electron chi connectivity index (χ4n) is 2.16. The lowest BCUT2D eigenvalue weighted by Gasteiger charge is -2.33. The first-order valence-electron chi connectivity index (χ1n) is 6.40. The van der Waals surface area contributed by atoms with Crippen LogP contribution in [0.2, 0.25) is 0 Å². The summed E-state index contributed by atoms with van der Waals surface area (Å²) in [5.41, 5.74) is 0. The zero-order valence-electron chi connectivity index (χ0n) is 11.0. The number of carboxylic acids is 1. The number of rotatable bonds is 5. The monoisotopic (exact) mass is 254 g/mol. The number of hydrogen-bond acceptors (Lipinski definition) is 2. The van der Waals surface area contributed by atoms with Gasteiger partial charge in [0.05, 0.1) is 5.92 Å². The topological polar surface area (TPSA) is 60.9 Å². The smallest absolute Gasteiger partial charge is 0.319 e. The number of urea groups is 1. The minimum atomic E-state index is -0.804. The molecule has 0 saturated carbocycles. The van der Waals surface area contributed by atoms with Crippen molar-refractivity contribution >= 4 is 12.0 Å². The molecule has 102 valence electrons. The van der Waals surface area contributed by atoms with Crippen molar-refractivity contribution in [1.82, 2.24) is 9.80 Å². The number of allylic oxidation sites excluding steroid dienone is 1. The summed E-state index contributed by atoms with van der Waals surface area (Å²) in [5.74, 6) is -1.22. The van der Waals surface area contributed by atoms with E-state index in [0.29, 0.717) is 26.1 Å². The SMILES string of the molecule is C=CCCCN(C)C(=O)N1CCC[C@H](C(=O)O)C1. The number of unbranched alkanes of at least 4 members (excludes halogenated alkanes) is 1. The van der Waals surface area contributed by atoms with Gasteiger partial charge in [0, 0.05) is 26.7 Å². The Balaban J connectivity index is 2.44. The number of carboxylic acid groups (broad SMARTS) is 1. The molecule has 5 heteroatoms. The van der Waals surface area contributed by atoms with E-state index in [-0.39, 0.29) is 6.03 Å². The summed E-state index contributed by atoms with van der Waals surface area (Å²) in [6.45, 7) is 5.32. The molecule has 1 aliphatic rings. The maximum atomic E-state index is 12.1. The Hall–Kier alpha value is -1.52. The third-order valence-electron chi connectivity index (χ3n) is 3.27. The molecule has 0 radical (unpaired) electrons. The number of amides is 2. The van der Waals surface area contributed by atoms with Crippen molar-refractivity contribution in [3.05, 3.63) is 12.7 Å². The van der Waals surface area contributed by atoms with Crippen molar-refractivity contribution in [2.45, 2.75) is 25.7 Å². The molecule has 1 rings (SSSR count). The van der Waals surface area contributed by atoms with Gasteiger partial charge >= 0.3 is 12.0 Å². The van der Waals surface area contributed by atoms with Crippen molar-refractivity contribution in [3.63, 3.8) is 0 Å². The number of likely N-dealkylation sites (tertiary alicyclic amines) is 1. The van der Waals surface area contributed by atoms with Gasteiger partial charge < -0.3 is 14.9 Å². The van der Waals surface area contributed by atoms with Crippen LogP contribution in [-0.4, -0.2) is 53.6 Å². The summed E-state index contributed by atoms with van der Waals surface area (Å²) in [5, 5.41) is 8.99. The van der Waals surface area contributed by atoms with Crippen LogP contribution in [0.4, 0.5) is 4.79 Å². The van der Waals surface area contributed by atoms with Crippen LogP contribution >= 0.6 is 0 Å². The Kier molecular flexibility index (Phi) is 5.68. The number of hydrogen-bond donors (Lipinski definition) is 1. The standard InChI is InChI=1S/C13H22N2O3/c1-3-4-5-8-14(2)13(18)15-9-6-7-11(10-15)12(16)17/h3,11H,1,4-10H2,2H3,(H,16,17)/t11-/m0/s1. The highest BCUT2D eigenvalue weighted by Gasteiger charge is 2.29. The van der Waals surface area contributed by atoms with E-state index < -0.39 is 11.9 Å². The van der Waals surface area contributed by atoms with Gasteiger partial charge in [-0.15, -0.1) is 6.58 Å². The molecule has 0 bridgehead atoms. The number of piperidine rings is 1. The number of carbonyl (C=O) groups excluding carboxylic acids is 1. The van der Waals surface area contributed by atoms with Gasteiger partial charge in [-0.3, -0.25) is 4.79 Å². The van der Waals surface area contributed by atoms with Crippen LogP contribution in [0.25, 0.3) is 0 Å². The first-order valence-corrected chi connectivity index (χ1v) is 6.40. The molecular weight excluding hydrogens is 232 g/mol. The van der Waals surface area contributed by atoms with E-state index in [4.69, 9.17) is 5.11 Å². The Labute approximate surface area is 108 Å². The second-order valence-corrected chi connectivity index (χ2v) is 4.76. The number of carbonyl (C=O) groups is 2. The summed E-state index contributed by atoms with van der Waals surface area (Å²) in [6, 6.07) is -0.0648. The molecule has 0 unspecified atom stereocenters. The molecule has 1 heterocycles. The van der Waals surface area contributed by atoms with Crippen LogP contribution < -0.4 is 0 Å². The molecule has 0 aromatic heterocycles. The van der Waals surface area contributed by atoms with Crippen LogP contribution in [-0.2, 0) is 4.79 Å². The largest absolute Gasteiger partial charge is 0.481 e. The molecule has 1 fully saturated rings. The minimum Gasteiger partial charge on any atom is -0.481 e. The lowest BCUT2D eigenvalue weighted by Crippen LogP contribution is -2.47. The molecule has 1 aliphatic heterocycles. The van der Waals surface area contributed by atoms with Crippen molar-refractivity contribution in [2.75, 3.05) is 26.7 Å². The van der Waals surface area contributed by atoms with Crippen molar-refractivity contribution in [1.29, 1.82) is 0 Å². The van der Waals surface area contributed by atoms with Gasteiger partial charge in [-0.25, -0.2) is 4.79 Å². The van der Waals surface area contributed by atoms with Crippen LogP contribution in [0.15, 0.2) is 12.7 Å². The molecule has 0 spiro atoms. The van der Waals surface area contributed by atoms with E-state index in [1.54, 1.807) is 16.8 Å². The van der Waals surface area contributed by atoms with Crippen molar-refractivity contribution in [2.24, 2.45) is 5.92 Å². The van der Waals surface area contributed by atoms with Crippen molar-refractivity contribution < 1.29 is 14.7 Å². The summed E-state index contributed by atoms with van der Waals surface area (Å²) in [6.07, 6.45) is 5.04. The second kappa shape index (κ2) is 7.03. The van der Waals surface area contributed by atoms with Crippen LogP contribution in [0.3, 0.4) is 0 Å². The number of aliphatic carboxylic acids is 1. The minimum absolute atomic E-state index is 0.0648. The average molecular weight is 254 g/mol. The molecule has 0 aromatic carbocycles. The Morgan fingerprint density at radius 1 is 1.56 bits per heavy atom. The summed E-state index contributed by atoms with van der Waals surface area (Å²) >= 11 is 0. The van der Waals surface area contributed by atoms with Gasteiger partial charge in [-0.05, 0) is 25.7 Å². The van der Waals surface area contributed by atoms with Gasteiger partial charge in [0.2, 0.25) is 0 Å². The van der Waals surface area contributed by atoms with Gasteiger partial charge in [0.15, 0.2) is 0 Å². The Morgan fingerprint density at radius 3 is 2.89 bits per heavy atom. The fraction of sp³-hybridized carbons (Fsp3) is 0.692. The zero-order chi connectivity index (χ0) is 13.5.